The van der Waals surface area contributed by atoms with Crippen molar-refractivity contribution < 1.29 is 30.9 Å². The summed E-state index contributed by atoms with van der Waals surface area (Å²) in [5.41, 5.74) is 1.03. The fraction of sp³-hybridized carbons (Fsp3) is 0.208. The lowest BCUT2D eigenvalue weighted by Gasteiger charge is -2.12. The average molecular weight is 583 g/mol. The van der Waals surface area contributed by atoms with E-state index in [0.717, 1.165) is 25.3 Å². The molecule has 36 heavy (non-hydrogen) atoms. The number of esters is 1. The van der Waals surface area contributed by atoms with E-state index in [4.69, 9.17) is 20.8 Å². The number of fused-ring (bicyclic) bond motifs is 1. The number of benzene rings is 1. The second kappa shape index (κ2) is 10.9. The van der Waals surface area contributed by atoms with Gasteiger partial charge in [-0.05, 0) is 37.3 Å². The molecule has 0 fully saturated rings. The van der Waals surface area contributed by atoms with E-state index in [-0.39, 0.29) is 23.7 Å². The SMILES string of the molecule is CCn1c(=O)/c(=C2\Sc3cc(Cl)ccc3N2C)s/c1=C\c1scc[n+]1Cc1ccc(C(=O)OC)o1.[Cl-]. The first-order valence-corrected chi connectivity index (χ1v) is 13.6. The molecule has 5 rings (SSSR count). The average Bonchev–Trinajstić information content (AvgIpc) is 3.62. The summed E-state index contributed by atoms with van der Waals surface area (Å²) in [6, 6.07) is 9.14. The molecule has 12 heteroatoms. The van der Waals surface area contributed by atoms with Crippen molar-refractivity contribution in [3.63, 3.8) is 0 Å². The topological polar surface area (TPSA) is 68.6 Å². The third-order valence-corrected chi connectivity index (χ3v) is 9.10. The summed E-state index contributed by atoms with van der Waals surface area (Å²) in [5.74, 6) is 0.302. The van der Waals surface area contributed by atoms with E-state index >= 15 is 0 Å². The lowest BCUT2D eigenvalue weighted by atomic mass is 10.3. The summed E-state index contributed by atoms with van der Waals surface area (Å²) in [6.45, 7) is 2.99. The van der Waals surface area contributed by atoms with E-state index in [1.165, 1.54) is 18.4 Å². The van der Waals surface area contributed by atoms with Gasteiger partial charge in [-0.3, -0.25) is 9.36 Å². The summed E-state index contributed by atoms with van der Waals surface area (Å²) in [5, 5.41) is 4.52. The van der Waals surface area contributed by atoms with Crippen molar-refractivity contribution >= 4 is 68.8 Å². The highest BCUT2D eigenvalue weighted by molar-refractivity contribution is 8.08. The number of rotatable bonds is 5. The van der Waals surface area contributed by atoms with Crippen molar-refractivity contribution in [1.29, 1.82) is 0 Å². The van der Waals surface area contributed by atoms with E-state index in [0.29, 0.717) is 28.4 Å². The Morgan fingerprint density at radius 2 is 2.08 bits per heavy atom. The van der Waals surface area contributed by atoms with Crippen molar-refractivity contribution in [2.45, 2.75) is 24.9 Å². The molecule has 7 nitrogen and oxygen atoms in total. The van der Waals surface area contributed by atoms with Gasteiger partial charge in [-0.15, -0.1) is 11.3 Å². The van der Waals surface area contributed by atoms with Gasteiger partial charge in [0.1, 0.15) is 14.2 Å². The molecule has 0 saturated carbocycles. The van der Waals surface area contributed by atoms with Gasteiger partial charge in [-0.2, -0.15) is 4.57 Å². The van der Waals surface area contributed by atoms with Crippen LogP contribution in [0.2, 0.25) is 5.02 Å². The third kappa shape index (κ3) is 4.88. The molecule has 0 atom stereocenters. The van der Waals surface area contributed by atoms with Crippen LogP contribution >= 0.6 is 46.0 Å². The Balaban J connectivity index is 0.00000304. The number of carbonyl (C=O) groups excluding carboxylic acids is 1. The van der Waals surface area contributed by atoms with Gasteiger partial charge in [-0.1, -0.05) is 34.7 Å². The maximum Gasteiger partial charge on any atom is 0.373 e. The molecule has 4 aromatic rings. The predicted octanol–water partition coefficient (Wildman–Crippen LogP) is 0.501. The second-order valence-electron chi connectivity index (χ2n) is 7.67. The molecule has 0 saturated heterocycles. The monoisotopic (exact) mass is 581 g/mol. The fourth-order valence-electron chi connectivity index (χ4n) is 3.80. The lowest BCUT2D eigenvalue weighted by molar-refractivity contribution is -0.686. The highest BCUT2D eigenvalue weighted by Gasteiger charge is 2.25. The van der Waals surface area contributed by atoms with Crippen LogP contribution in [0.15, 0.2) is 56.0 Å². The molecule has 0 unspecified atom stereocenters. The summed E-state index contributed by atoms with van der Waals surface area (Å²) >= 11 is 10.8. The van der Waals surface area contributed by atoms with Gasteiger partial charge in [0.15, 0.2) is 12.0 Å². The largest absolute Gasteiger partial charge is 1.00 e. The zero-order chi connectivity index (χ0) is 24.7. The van der Waals surface area contributed by atoms with Crippen LogP contribution < -0.4 is 36.6 Å². The molecule has 1 aliphatic heterocycles. The number of hydrogen-bond acceptors (Lipinski definition) is 8. The number of methoxy groups -OCH3 is 1. The molecule has 0 spiro atoms. The van der Waals surface area contributed by atoms with Gasteiger partial charge in [0, 0.05) is 23.5 Å². The number of thioether (sulfide) groups is 1. The Kier molecular flexibility index (Phi) is 8.01. The Hall–Kier alpha value is -2.50. The van der Waals surface area contributed by atoms with Crippen LogP contribution in [0, 0.1) is 0 Å². The lowest BCUT2D eigenvalue weighted by Crippen LogP contribution is -3.00. The zero-order valence-corrected chi connectivity index (χ0v) is 23.4. The third-order valence-electron chi connectivity index (χ3n) is 5.55. The molecule has 0 N–H and O–H groups in total. The predicted molar refractivity (Wildman–Crippen MR) is 140 cm³/mol. The number of furan rings is 1. The van der Waals surface area contributed by atoms with Gasteiger partial charge in [0.2, 0.25) is 12.3 Å². The molecule has 1 aromatic carbocycles. The molecule has 0 aliphatic carbocycles. The molecule has 1 aliphatic rings. The Morgan fingerprint density at radius 3 is 2.83 bits per heavy atom. The minimum absolute atomic E-state index is 0. The van der Waals surface area contributed by atoms with Crippen LogP contribution in [0.3, 0.4) is 0 Å². The van der Waals surface area contributed by atoms with Crippen LogP contribution in [0.4, 0.5) is 5.69 Å². The van der Waals surface area contributed by atoms with Crippen LogP contribution in [0.5, 0.6) is 0 Å². The van der Waals surface area contributed by atoms with Crippen molar-refractivity contribution in [2.24, 2.45) is 0 Å². The van der Waals surface area contributed by atoms with Crippen LogP contribution in [0.1, 0.15) is 28.2 Å². The molecular weight excluding hydrogens is 561 g/mol. The first-order chi connectivity index (χ1) is 16.9. The fourth-order valence-corrected chi connectivity index (χ4v) is 7.40. The van der Waals surface area contributed by atoms with Crippen LogP contribution in [-0.4, -0.2) is 24.7 Å². The highest BCUT2D eigenvalue weighted by atomic mass is 35.5. The smallest absolute Gasteiger partial charge is 0.373 e. The number of anilines is 1. The summed E-state index contributed by atoms with van der Waals surface area (Å²) in [6.07, 6.45) is 3.98. The van der Waals surface area contributed by atoms with Crippen molar-refractivity contribution in [3.05, 3.63) is 83.0 Å². The molecular formula is C24H21Cl2N3O4S3. The number of hydrogen-bond donors (Lipinski definition) is 0. The number of thiazole rings is 2. The second-order valence-corrected chi connectivity index (χ2v) is 11.1. The van der Waals surface area contributed by atoms with E-state index in [9.17, 15) is 9.59 Å². The van der Waals surface area contributed by atoms with Crippen molar-refractivity contribution in [3.8, 4) is 0 Å². The quantitative estimate of drug-likeness (QED) is 0.252. The summed E-state index contributed by atoms with van der Waals surface area (Å²) in [4.78, 5) is 28.2. The van der Waals surface area contributed by atoms with E-state index in [1.54, 1.807) is 39.8 Å². The van der Waals surface area contributed by atoms with Crippen molar-refractivity contribution in [1.82, 2.24) is 4.57 Å². The first-order valence-electron chi connectivity index (χ1n) is 10.7. The Bertz CT molecular complexity index is 1620. The number of carbonyl (C=O) groups is 1. The molecule has 0 bridgehead atoms. The van der Waals surface area contributed by atoms with Crippen molar-refractivity contribution in [2.75, 3.05) is 19.1 Å². The van der Waals surface area contributed by atoms with E-state index in [2.05, 4.69) is 4.90 Å². The molecule has 188 valence electrons. The summed E-state index contributed by atoms with van der Waals surface area (Å²) < 4.78 is 15.7. The standard InChI is InChI=1S/C24H21ClN3O4S3.ClH/c1-4-28-20(12-19-27(9-10-33-19)13-15-6-8-17(32-15)24(30)31-3)35-21(22(28)29)23-26(2)16-7-5-14(25)11-18(16)34-23;/h5-12H,4,13H2,1-3H3;1H/q+1;/p-1/b23-21+;. The molecule has 0 radical (unpaired) electrons. The maximum atomic E-state index is 13.4. The number of aromatic nitrogens is 2. The Labute approximate surface area is 230 Å². The normalized spacial score (nSPS) is 14.7. The number of nitrogens with zero attached hydrogens (tertiary/aromatic N) is 3. The van der Waals surface area contributed by atoms with Gasteiger partial charge in [0.05, 0.1) is 24.3 Å². The first kappa shape index (κ1) is 26.6. The van der Waals surface area contributed by atoms with Gasteiger partial charge >= 0.3 is 5.97 Å². The van der Waals surface area contributed by atoms with E-state index < -0.39 is 5.97 Å². The van der Waals surface area contributed by atoms with Gasteiger partial charge in [0.25, 0.3) is 10.6 Å². The number of ether oxygens (including phenoxy) is 1. The van der Waals surface area contributed by atoms with E-state index in [1.807, 2.05) is 54.4 Å². The molecule has 3 aromatic heterocycles. The maximum absolute atomic E-state index is 13.4. The van der Waals surface area contributed by atoms with Gasteiger partial charge < -0.3 is 26.5 Å². The Morgan fingerprint density at radius 1 is 1.28 bits per heavy atom. The number of halogens is 2. The van der Waals surface area contributed by atoms with Gasteiger partial charge in [-0.25, -0.2) is 4.79 Å². The molecule has 4 heterocycles. The molecule has 0 amide bonds. The van der Waals surface area contributed by atoms with Crippen LogP contribution in [0.25, 0.3) is 11.1 Å². The minimum Gasteiger partial charge on any atom is -1.00 e. The zero-order valence-electron chi connectivity index (χ0n) is 19.5. The van der Waals surface area contributed by atoms with Crippen LogP contribution in [-0.2, 0) is 17.8 Å². The highest BCUT2D eigenvalue weighted by Crippen LogP contribution is 2.46. The minimum atomic E-state index is -0.506. The summed E-state index contributed by atoms with van der Waals surface area (Å²) in [7, 11) is 3.29.